The molecule has 0 bridgehead atoms. The van der Waals surface area contributed by atoms with Crippen molar-refractivity contribution in [3.05, 3.63) is 60.9 Å². The maximum absolute atomic E-state index is 14.8. The van der Waals surface area contributed by atoms with Crippen molar-refractivity contribution in [1.29, 1.82) is 0 Å². The number of nitrogens with zero attached hydrogens (tertiary/aromatic N) is 4. The third kappa shape index (κ3) is 18.7. The van der Waals surface area contributed by atoms with Crippen LogP contribution < -0.4 is 28.4 Å². The molecular formula is C82H106F8N6O18S2. The highest BCUT2D eigenvalue weighted by Gasteiger charge is 2.66. The van der Waals surface area contributed by atoms with Crippen LogP contribution in [0.15, 0.2) is 60.9 Å². The van der Waals surface area contributed by atoms with Crippen LogP contribution in [0.5, 0.6) is 23.3 Å². The first kappa shape index (κ1) is 88.8. The van der Waals surface area contributed by atoms with E-state index in [1.54, 1.807) is 38.1 Å². The zero-order chi connectivity index (χ0) is 84.8. The van der Waals surface area contributed by atoms with Gasteiger partial charge in [-0.2, -0.15) is 26.3 Å². The lowest BCUT2D eigenvalue weighted by atomic mass is 9.81. The van der Waals surface area contributed by atoms with E-state index in [0.29, 0.717) is 84.4 Å². The van der Waals surface area contributed by atoms with Gasteiger partial charge in [0.15, 0.2) is 11.6 Å². The van der Waals surface area contributed by atoms with E-state index in [0.717, 1.165) is 40.5 Å². The maximum atomic E-state index is 14.8. The zero-order valence-electron chi connectivity index (χ0n) is 67.1. The van der Waals surface area contributed by atoms with E-state index in [1.807, 2.05) is 38.1 Å². The van der Waals surface area contributed by atoms with Crippen LogP contribution in [0.3, 0.4) is 0 Å². The minimum atomic E-state index is -4.88. The number of aromatic nitrogens is 2. The van der Waals surface area contributed by atoms with E-state index in [9.17, 15) is 90.3 Å². The van der Waals surface area contributed by atoms with Gasteiger partial charge in [-0.15, -0.1) is 0 Å². The molecule has 640 valence electrons. The summed E-state index contributed by atoms with van der Waals surface area (Å²) in [4.78, 5) is 125. The second kappa shape index (κ2) is 34.0. The summed E-state index contributed by atoms with van der Waals surface area (Å²) in [5.74, 6) is -9.18. The van der Waals surface area contributed by atoms with E-state index >= 15 is 0 Å². The van der Waals surface area contributed by atoms with Gasteiger partial charge in [0.1, 0.15) is 46.6 Å². The Hall–Kier alpha value is -8.04. The third-order valence-corrected chi connectivity index (χ3v) is 30.0. The standard InChI is InChI=1S/2C41H53F4N3O9S/c2*1-24-10-6-7-11-26-19-40(26,37(52)47-58(53,54)39(23-42)14-15-39)20-32(49)31-17-27(56-35-29-13-9-8-12-28(29)33(55-5)21-46-35)22-48(31)36(51)30(25(2)16-24)18-34(50)57-38(3,4)41(43,44)45/h2*8-9,12-13,21,24-27,30-31H,6-7,10-11,14-20,22-23H2,1-5H3,(H,47,52)/t24-,25+,26+,27+,30-,31-,40+;24-,25-,26-,27-,30+,31+,40-/m01/s1. The van der Waals surface area contributed by atoms with Crippen LogP contribution >= 0.6 is 0 Å². The first-order valence-corrected chi connectivity index (χ1v) is 43.0. The Morgan fingerprint density at radius 2 is 0.853 bits per heavy atom. The number of methoxy groups -OCH3 is 2. The highest BCUT2D eigenvalue weighted by Crippen LogP contribution is 2.61. The number of fused-ring (bicyclic) bond motifs is 6. The maximum Gasteiger partial charge on any atom is 0.427 e. The summed E-state index contributed by atoms with van der Waals surface area (Å²) in [6.07, 6.45) is -3.84. The average molecular weight is 1680 g/mol. The van der Waals surface area contributed by atoms with E-state index in [1.165, 1.54) is 36.4 Å². The van der Waals surface area contributed by atoms with Crippen LogP contribution in [0.2, 0.25) is 0 Å². The number of carbonyl (C=O) groups is 8. The molecule has 8 aliphatic rings. The molecule has 4 aromatic rings. The van der Waals surface area contributed by atoms with Gasteiger partial charge in [-0.25, -0.2) is 35.6 Å². The predicted molar refractivity (Wildman–Crippen MR) is 407 cm³/mol. The van der Waals surface area contributed by atoms with Gasteiger partial charge in [-0.05, 0) is 140 Å². The fraction of sp³-hybridized carbons (Fsp3) is 0.683. The van der Waals surface area contributed by atoms with Crippen molar-refractivity contribution in [3.63, 3.8) is 0 Å². The number of carbonyl (C=O) groups excluding carboxylic acids is 8. The number of ketones is 2. The molecular weight excluding hydrogens is 1570 g/mol. The number of Topliss-reactive ketones (excluding diaryl/α,β-unsaturated/α-hetero) is 2. The number of amides is 4. The van der Waals surface area contributed by atoms with E-state index < -0.39 is 198 Å². The van der Waals surface area contributed by atoms with Crippen molar-refractivity contribution in [3.8, 4) is 23.3 Å². The summed E-state index contributed by atoms with van der Waals surface area (Å²) < 4.78 is 198. The molecule has 116 heavy (non-hydrogen) atoms. The molecule has 12 rings (SSSR count). The number of nitrogens with one attached hydrogen (secondary N) is 2. The van der Waals surface area contributed by atoms with Gasteiger partial charge in [-0.3, -0.25) is 47.8 Å². The van der Waals surface area contributed by atoms with Gasteiger partial charge in [-0.1, -0.05) is 103 Å². The van der Waals surface area contributed by atoms with Gasteiger partial charge < -0.3 is 38.2 Å². The number of sulfonamides is 2. The van der Waals surface area contributed by atoms with Gasteiger partial charge in [0.2, 0.25) is 66.6 Å². The van der Waals surface area contributed by atoms with Crippen LogP contribution in [-0.2, 0) is 67.9 Å². The molecule has 34 heteroatoms. The summed E-state index contributed by atoms with van der Waals surface area (Å²) in [6, 6.07) is 12.0. The molecule has 14 atom stereocenters. The Bertz CT molecular complexity index is 4330. The Kier molecular flexibility index (Phi) is 26.0. The molecule has 4 amide bonds. The molecule has 4 aliphatic heterocycles. The Morgan fingerprint density at radius 1 is 0.517 bits per heavy atom. The van der Waals surface area contributed by atoms with Gasteiger partial charge in [0.05, 0.1) is 87.3 Å². The highest BCUT2D eigenvalue weighted by molar-refractivity contribution is 7.92. The predicted octanol–water partition coefficient (Wildman–Crippen LogP) is 13.3. The molecule has 8 fully saturated rings. The first-order chi connectivity index (χ1) is 54.3. The monoisotopic (exact) mass is 1680 g/mol. The minimum absolute atomic E-state index is 0.0346. The van der Waals surface area contributed by atoms with Crippen LogP contribution in [0.25, 0.3) is 21.5 Å². The molecule has 4 saturated carbocycles. The van der Waals surface area contributed by atoms with E-state index in [4.69, 9.17) is 28.4 Å². The SMILES string of the molecule is COc1cnc(O[C@@H]2C[C@H]3C(=O)C[C@]4(C(=O)NS(=O)(=O)C5(CF)CC5)C[C@H]4CCCC[C@@H](C)C[C@@H](C)[C@H](CC(=O)OC(C)(C)C(F)(F)F)C(=O)N3C2)c2ccccc12.COc1cnc(O[C@@H]2C[C@H]3C(=O)C[C@]4(C(=O)NS(=O)(=O)C5(CF)CC5)C[C@H]4CCCC[C@H](C)C[C@@H](C)[C@H](CC(=O)OC(C)(C)C(F)(F)F)C(=O)N3C2)c2ccccc12. The molecule has 4 aliphatic carbocycles. The number of halogens is 8. The number of hydrogen-bond donors (Lipinski definition) is 2. The van der Waals surface area contributed by atoms with Crippen molar-refractivity contribution in [2.45, 2.75) is 254 Å². The van der Waals surface area contributed by atoms with Crippen molar-refractivity contribution in [1.82, 2.24) is 29.2 Å². The Labute approximate surface area is 670 Å². The van der Waals surface area contributed by atoms with E-state index in [2.05, 4.69) is 19.4 Å². The van der Waals surface area contributed by atoms with Crippen molar-refractivity contribution < 1.29 is 119 Å². The number of alkyl halides is 8. The molecule has 0 radical (unpaired) electrons. The van der Waals surface area contributed by atoms with Gasteiger partial charge in [0.25, 0.3) is 0 Å². The average Bonchev–Trinajstić information content (AvgIpc) is 1.56. The summed E-state index contributed by atoms with van der Waals surface area (Å²) in [6.45, 7) is 7.78. The normalized spacial score (nSPS) is 29.4. The number of benzene rings is 2. The lowest BCUT2D eigenvalue weighted by molar-refractivity contribution is -0.257. The largest absolute Gasteiger partial charge is 0.494 e. The van der Waals surface area contributed by atoms with Crippen molar-refractivity contribution in [2.24, 2.45) is 58.2 Å². The highest BCUT2D eigenvalue weighted by atomic mass is 32.2. The molecule has 2 aromatic carbocycles. The van der Waals surface area contributed by atoms with E-state index in [-0.39, 0.29) is 99.9 Å². The van der Waals surface area contributed by atoms with Gasteiger partial charge in [0, 0.05) is 47.2 Å². The van der Waals surface area contributed by atoms with Crippen LogP contribution in [0.1, 0.15) is 197 Å². The first-order valence-electron chi connectivity index (χ1n) is 40.0. The number of ether oxygens (including phenoxy) is 6. The van der Waals surface area contributed by atoms with Crippen LogP contribution in [-0.4, -0.2) is 182 Å². The second-order valence-electron chi connectivity index (χ2n) is 35.0. The molecule has 0 spiro atoms. The summed E-state index contributed by atoms with van der Waals surface area (Å²) in [5.41, 5.74) is -8.47. The smallest absolute Gasteiger partial charge is 0.427 e. The fourth-order valence-electron chi connectivity index (χ4n) is 17.6. The molecule has 24 nitrogen and oxygen atoms in total. The third-order valence-electron chi connectivity index (χ3n) is 25.8. The Morgan fingerprint density at radius 3 is 1.17 bits per heavy atom. The topological polar surface area (TPSA) is 317 Å². The minimum Gasteiger partial charge on any atom is -0.494 e. The lowest BCUT2D eigenvalue weighted by Gasteiger charge is -2.33. The summed E-state index contributed by atoms with van der Waals surface area (Å²) in [7, 11) is -5.78. The molecule has 6 heterocycles. The number of esters is 2. The summed E-state index contributed by atoms with van der Waals surface area (Å²) >= 11 is 0. The number of pyridine rings is 2. The van der Waals surface area contributed by atoms with Crippen molar-refractivity contribution in [2.75, 3.05) is 40.7 Å². The van der Waals surface area contributed by atoms with Crippen LogP contribution in [0, 0.1) is 58.2 Å². The quantitative estimate of drug-likeness (QED) is 0.0613. The zero-order valence-corrected chi connectivity index (χ0v) is 68.7. The number of rotatable bonds is 20. The number of hydrogen-bond acceptors (Lipinski definition) is 20. The second-order valence-corrected chi connectivity index (χ2v) is 39.2. The Balaban J connectivity index is 0.000000228. The molecule has 2 aromatic heterocycles. The summed E-state index contributed by atoms with van der Waals surface area (Å²) in [5, 5.41) is 2.58. The molecule has 4 saturated heterocycles. The molecule has 0 unspecified atom stereocenters. The molecule has 2 N–H and O–H groups in total. The lowest BCUT2D eigenvalue weighted by Crippen LogP contribution is -2.49. The van der Waals surface area contributed by atoms with Crippen LogP contribution in [0.4, 0.5) is 35.1 Å². The van der Waals surface area contributed by atoms with Crippen molar-refractivity contribution >= 4 is 88.7 Å². The fourth-order valence-corrected chi connectivity index (χ4v) is 20.5. The van der Waals surface area contributed by atoms with Gasteiger partial charge >= 0.3 is 24.3 Å².